The van der Waals surface area contributed by atoms with Crippen LogP contribution < -0.4 is 16.4 Å². The Morgan fingerprint density at radius 3 is 2.37 bits per heavy atom. The third-order valence-electron chi connectivity index (χ3n) is 9.50. The van der Waals surface area contributed by atoms with Crippen molar-refractivity contribution in [3.05, 3.63) is 144 Å². The van der Waals surface area contributed by atoms with Gasteiger partial charge in [-0.2, -0.15) is 4.68 Å². The van der Waals surface area contributed by atoms with Crippen molar-refractivity contribution in [2.24, 2.45) is 0 Å². The van der Waals surface area contributed by atoms with Crippen LogP contribution >= 0.6 is 11.8 Å². The topological polar surface area (TPSA) is 187 Å². The number of phenolic OH excluding ortho intramolecular Hbond substituents is 1. The maximum atomic E-state index is 12.7. The number of aromatic nitrogens is 4. The molecule has 2 heterocycles. The number of ether oxygens (including phenoxy) is 2. The molecule has 2 amide bonds. The second-order valence-corrected chi connectivity index (χ2v) is 14.6. The van der Waals surface area contributed by atoms with E-state index in [0.29, 0.717) is 41.7 Å². The van der Waals surface area contributed by atoms with E-state index in [9.17, 15) is 19.8 Å². The van der Waals surface area contributed by atoms with Gasteiger partial charge in [0.2, 0.25) is 17.0 Å². The molecule has 292 valence electrons. The van der Waals surface area contributed by atoms with Gasteiger partial charge in [0.25, 0.3) is 0 Å². The highest BCUT2D eigenvalue weighted by Crippen LogP contribution is 2.40. The van der Waals surface area contributed by atoms with Crippen LogP contribution in [-0.4, -0.2) is 54.1 Å². The van der Waals surface area contributed by atoms with E-state index in [-0.39, 0.29) is 49.2 Å². The molecule has 1 fully saturated rings. The fourth-order valence-corrected chi connectivity index (χ4v) is 7.37. The lowest BCUT2D eigenvalue weighted by molar-refractivity contribution is -0.245. The monoisotopic (exact) mass is 785 g/mol. The second-order valence-electron chi connectivity index (χ2n) is 13.6. The van der Waals surface area contributed by atoms with E-state index in [1.807, 2.05) is 66.7 Å². The summed E-state index contributed by atoms with van der Waals surface area (Å²) in [5, 5.41) is 38.0. The highest BCUT2D eigenvalue weighted by atomic mass is 32.2. The number of tetrazole rings is 1. The van der Waals surface area contributed by atoms with Gasteiger partial charge >= 0.3 is 0 Å². The summed E-state index contributed by atoms with van der Waals surface area (Å²) in [4.78, 5) is 25.0. The van der Waals surface area contributed by atoms with Crippen LogP contribution in [0.5, 0.6) is 5.75 Å². The molecule has 3 unspecified atom stereocenters. The SMILES string of the molecule is Nc1ccccc1NC(=O)CCCC(=O)NCc1cccc(-c2cccc(C3OC(CSc4nnnn4-c4ccc(O)cc4)CC(c4ccc(CO)cc4)O3)c2)c1. The number of nitrogen functional groups attached to an aromatic ring is 1. The van der Waals surface area contributed by atoms with Crippen molar-refractivity contribution in [1.29, 1.82) is 0 Å². The molecule has 0 bridgehead atoms. The molecule has 7 rings (SSSR count). The van der Waals surface area contributed by atoms with Crippen molar-refractivity contribution in [3.8, 4) is 22.6 Å². The number of rotatable bonds is 15. The van der Waals surface area contributed by atoms with Crippen molar-refractivity contribution < 1.29 is 29.3 Å². The minimum absolute atomic E-state index is 0.0425. The first-order valence-corrected chi connectivity index (χ1v) is 19.6. The average molecular weight is 786 g/mol. The number of phenols is 1. The maximum absolute atomic E-state index is 12.7. The lowest BCUT2D eigenvalue weighted by atomic mass is 9.99. The number of anilines is 2. The predicted octanol–water partition coefficient (Wildman–Crippen LogP) is 6.87. The smallest absolute Gasteiger partial charge is 0.224 e. The van der Waals surface area contributed by atoms with E-state index in [1.54, 1.807) is 53.2 Å². The number of thioether (sulfide) groups is 1. The Kier molecular flexibility index (Phi) is 12.9. The molecule has 1 saturated heterocycles. The standard InChI is InChI=1S/C43H43N7O6S/c44-37-10-1-2-11-38(37)46-41(54)13-5-12-40(53)45-25-29-6-3-7-31(22-29)32-8-4-9-33(23-32)42-55-36(24-39(56-42)30-16-14-28(26-51)15-17-30)27-57-43-47-48-49-50(43)34-18-20-35(52)21-19-34/h1-4,6-11,14-23,36,39,42,51-52H,5,12-13,24-27,44H2,(H,45,53)(H,46,54). The van der Waals surface area contributed by atoms with Gasteiger partial charge in [0.1, 0.15) is 5.75 Å². The Labute approximate surface area is 334 Å². The lowest BCUT2D eigenvalue weighted by Gasteiger charge is -2.36. The summed E-state index contributed by atoms with van der Waals surface area (Å²) in [6, 6.07) is 37.5. The summed E-state index contributed by atoms with van der Waals surface area (Å²) < 4.78 is 14.9. The highest BCUT2D eigenvalue weighted by Gasteiger charge is 2.33. The number of benzene rings is 5. The fraction of sp³-hybridized carbons (Fsp3) is 0.233. The van der Waals surface area contributed by atoms with Crippen LogP contribution in [0.1, 0.15) is 60.3 Å². The van der Waals surface area contributed by atoms with Crippen LogP contribution in [0, 0.1) is 0 Å². The molecule has 0 aliphatic carbocycles. The molecule has 6 N–H and O–H groups in total. The van der Waals surface area contributed by atoms with E-state index in [1.165, 1.54) is 11.8 Å². The van der Waals surface area contributed by atoms with Gasteiger partial charge in [-0.1, -0.05) is 84.6 Å². The zero-order valence-corrected chi connectivity index (χ0v) is 31.8. The van der Waals surface area contributed by atoms with E-state index < -0.39 is 6.29 Å². The minimum Gasteiger partial charge on any atom is -0.508 e. The van der Waals surface area contributed by atoms with Crippen molar-refractivity contribution in [3.63, 3.8) is 0 Å². The second kappa shape index (κ2) is 18.7. The molecule has 0 radical (unpaired) electrons. The number of para-hydroxylation sites is 2. The average Bonchev–Trinajstić information content (AvgIpc) is 3.72. The third kappa shape index (κ3) is 10.4. The number of hydrogen-bond donors (Lipinski definition) is 5. The number of aromatic hydroxyl groups is 1. The van der Waals surface area contributed by atoms with Crippen LogP contribution in [0.4, 0.5) is 11.4 Å². The summed E-state index contributed by atoms with van der Waals surface area (Å²) in [7, 11) is 0. The Morgan fingerprint density at radius 2 is 1.58 bits per heavy atom. The van der Waals surface area contributed by atoms with Gasteiger partial charge in [0.05, 0.1) is 35.9 Å². The van der Waals surface area contributed by atoms with Gasteiger partial charge in [-0.25, -0.2) is 0 Å². The van der Waals surface area contributed by atoms with Gasteiger partial charge in [-0.3, -0.25) is 9.59 Å². The van der Waals surface area contributed by atoms with Crippen molar-refractivity contribution in [1.82, 2.24) is 25.5 Å². The van der Waals surface area contributed by atoms with E-state index in [4.69, 9.17) is 15.2 Å². The van der Waals surface area contributed by atoms with E-state index in [2.05, 4.69) is 32.2 Å². The highest BCUT2D eigenvalue weighted by molar-refractivity contribution is 7.99. The number of aliphatic hydroxyl groups is 1. The van der Waals surface area contributed by atoms with Crippen LogP contribution in [0.15, 0.2) is 126 Å². The number of amides is 2. The zero-order valence-electron chi connectivity index (χ0n) is 31.0. The normalized spacial score (nSPS) is 16.5. The first-order valence-electron chi connectivity index (χ1n) is 18.6. The summed E-state index contributed by atoms with van der Waals surface area (Å²) >= 11 is 1.47. The largest absolute Gasteiger partial charge is 0.508 e. The molecular weight excluding hydrogens is 743 g/mol. The summed E-state index contributed by atoms with van der Waals surface area (Å²) in [6.07, 6.45) is 0.260. The summed E-state index contributed by atoms with van der Waals surface area (Å²) in [5.41, 5.74) is 13.2. The molecule has 1 aliphatic heterocycles. The Bertz CT molecular complexity index is 2290. The Hall–Kier alpha value is -6.06. The fourth-order valence-electron chi connectivity index (χ4n) is 6.46. The summed E-state index contributed by atoms with van der Waals surface area (Å²) in [6.45, 7) is 0.305. The number of nitrogens with one attached hydrogen (secondary N) is 2. The van der Waals surface area contributed by atoms with Gasteiger partial charge in [0.15, 0.2) is 6.29 Å². The number of carbonyl (C=O) groups is 2. The number of nitrogens with zero attached hydrogens (tertiary/aromatic N) is 4. The Balaban J connectivity index is 0.996. The summed E-state index contributed by atoms with van der Waals surface area (Å²) in [5.74, 6) is 0.383. The van der Waals surface area contributed by atoms with Crippen LogP contribution in [0.3, 0.4) is 0 Å². The predicted molar refractivity (Wildman–Crippen MR) is 217 cm³/mol. The molecule has 0 spiro atoms. The molecule has 14 heteroatoms. The molecule has 0 saturated carbocycles. The van der Waals surface area contributed by atoms with Gasteiger partial charge < -0.3 is 36.1 Å². The third-order valence-corrected chi connectivity index (χ3v) is 10.6. The molecule has 1 aliphatic rings. The maximum Gasteiger partial charge on any atom is 0.224 e. The molecule has 6 aromatic rings. The van der Waals surface area contributed by atoms with E-state index in [0.717, 1.165) is 39.1 Å². The molecule has 57 heavy (non-hydrogen) atoms. The minimum atomic E-state index is -0.672. The quantitative estimate of drug-likeness (QED) is 0.0540. The van der Waals surface area contributed by atoms with Crippen molar-refractivity contribution in [2.75, 3.05) is 16.8 Å². The molecule has 1 aromatic heterocycles. The van der Waals surface area contributed by atoms with Crippen LogP contribution in [-0.2, 0) is 32.2 Å². The number of aliphatic hydroxyl groups excluding tert-OH is 1. The molecular formula is C43H43N7O6S. The lowest BCUT2D eigenvalue weighted by Crippen LogP contribution is -2.31. The number of hydrogen-bond acceptors (Lipinski definition) is 11. The Morgan fingerprint density at radius 1 is 0.825 bits per heavy atom. The van der Waals surface area contributed by atoms with Gasteiger partial charge in [-0.15, -0.1) is 5.10 Å². The van der Waals surface area contributed by atoms with Gasteiger partial charge in [0, 0.05) is 37.1 Å². The first kappa shape index (κ1) is 39.2. The van der Waals surface area contributed by atoms with Crippen molar-refractivity contribution in [2.45, 2.75) is 62.5 Å². The van der Waals surface area contributed by atoms with Gasteiger partial charge in [-0.05, 0) is 93.2 Å². The number of carbonyl (C=O) groups excluding carboxylic acids is 2. The van der Waals surface area contributed by atoms with Crippen LogP contribution in [0.25, 0.3) is 16.8 Å². The molecule has 13 nitrogen and oxygen atoms in total. The first-order chi connectivity index (χ1) is 27.8. The zero-order chi connectivity index (χ0) is 39.6. The molecule has 5 aromatic carbocycles. The number of nitrogens with two attached hydrogens (primary N) is 1. The van der Waals surface area contributed by atoms with Crippen molar-refractivity contribution >= 4 is 35.0 Å². The molecule has 3 atom stereocenters. The van der Waals surface area contributed by atoms with Crippen LogP contribution in [0.2, 0.25) is 0 Å². The van der Waals surface area contributed by atoms with E-state index >= 15 is 0 Å².